The fraction of sp³-hybridized carbons (Fsp3) is 0.571. The molecule has 0 spiro atoms. The highest BCUT2D eigenvalue weighted by atomic mass is 32.2. The number of aliphatic hydroxyl groups excluding tert-OH is 1. The largest absolute Gasteiger partial charge is 0.416 e. The third-order valence-corrected chi connectivity index (χ3v) is 5.68. The summed E-state index contributed by atoms with van der Waals surface area (Å²) in [5.74, 6) is 0.0341. The second kappa shape index (κ2) is 5.61. The predicted molar refractivity (Wildman–Crippen MR) is 72.5 cm³/mol. The van der Waals surface area contributed by atoms with Gasteiger partial charge in [0, 0.05) is 0 Å². The first-order valence-electron chi connectivity index (χ1n) is 6.65. The van der Waals surface area contributed by atoms with E-state index < -0.39 is 27.7 Å². The molecule has 2 rings (SSSR count). The summed E-state index contributed by atoms with van der Waals surface area (Å²) in [6.07, 6.45) is -4.59. The van der Waals surface area contributed by atoms with Crippen LogP contribution in [0.1, 0.15) is 35.6 Å². The zero-order chi connectivity index (χ0) is 15.8. The third kappa shape index (κ3) is 3.97. The fourth-order valence-electron chi connectivity index (χ4n) is 2.73. The van der Waals surface area contributed by atoms with Gasteiger partial charge in [-0.1, -0.05) is 6.07 Å². The van der Waals surface area contributed by atoms with Gasteiger partial charge in [0.25, 0.3) is 0 Å². The summed E-state index contributed by atoms with van der Waals surface area (Å²) in [5, 5.41) is 10.1. The number of hydrogen-bond donors (Lipinski definition) is 1. The average molecular weight is 322 g/mol. The summed E-state index contributed by atoms with van der Waals surface area (Å²) >= 11 is 0. The molecule has 1 saturated heterocycles. The van der Waals surface area contributed by atoms with Crippen LogP contribution in [0, 0.1) is 12.8 Å². The molecule has 1 aromatic carbocycles. The molecule has 2 unspecified atom stereocenters. The van der Waals surface area contributed by atoms with E-state index in [0.717, 1.165) is 12.1 Å². The fourth-order valence-corrected chi connectivity index (χ4v) is 4.61. The molecule has 2 atom stereocenters. The molecule has 3 nitrogen and oxygen atoms in total. The summed E-state index contributed by atoms with van der Waals surface area (Å²) < 4.78 is 60.5. The Morgan fingerprint density at radius 2 is 2.05 bits per heavy atom. The molecule has 7 heteroatoms. The Morgan fingerprint density at radius 3 is 2.52 bits per heavy atom. The van der Waals surface area contributed by atoms with Crippen LogP contribution in [-0.2, 0) is 16.0 Å². The van der Waals surface area contributed by atoms with Gasteiger partial charge in [0.15, 0.2) is 9.84 Å². The van der Waals surface area contributed by atoms with E-state index in [0.29, 0.717) is 17.5 Å². The molecule has 0 aromatic heterocycles. The molecule has 1 aliphatic heterocycles. The van der Waals surface area contributed by atoms with Gasteiger partial charge in [-0.25, -0.2) is 8.42 Å². The summed E-state index contributed by atoms with van der Waals surface area (Å²) in [4.78, 5) is 0. The number of halogens is 3. The van der Waals surface area contributed by atoms with Crippen molar-refractivity contribution >= 4 is 9.84 Å². The summed E-state index contributed by atoms with van der Waals surface area (Å²) in [5.41, 5.74) is 0.0323. The SMILES string of the molecule is Cc1cc(C(F)(F)F)ccc1C(O)CC1CCS(=O)(=O)C1. The lowest BCUT2D eigenvalue weighted by Gasteiger charge is -2.18. The third-order valence-electron chi connectivity index (χ3n) is 3.84. The van der Waals surface area contributed by atoms with Crippen LogP contribution in [0.15, 0.2) is 18.2 Å². The lowest BCUT2D eigenvalue weighted by atomic mass is 9.93. The number of sulfone groups is 1. The Morgan fingerprint density at radius 1 is 1.38 bits per heavy atom. The molecule has 1 heterocycles. The van der Waals surface area contributed by atoms with Crippen molar-refractivity contribution < 1.29 is 26.7 Å². The molecule has 1 N–H and O–H groups in total. The maximum absolute atomic E-state index is 12.6. The average Bonchev–Trinajstić information content (AvgIpc) is 2.67. The minimum Gasteiger partial charge on any atom is -0.388 e. The number of aliphatic hydroxyl groups is 1. The predicted octanol–water partition coefficient (Wildman–Crippen LogP) is 2.87. The maximum atomic E-state index is 12.6. The van der Waals surface area contributed by atoms with Crippen molar-refractivity contribution in [3.63, 3.8) is 0 Å². The lowest BCUT2D eigenvalue weighted by Crippen LogP contribution is -2.11. The number of rotatable bonds is 3. The van der Waals surface area contributed by atoms with Crippen LogP contribution in [0.5, 0.6) is 0 Å². The monoisotopic (exact) mass is 322 g/mol. The molecule has 1 aromatic rings. The quantitative estimate of drug-likeness (QED) is 0.931. The van der Waals surface area contributed by atoms with Gasteiger partial charge in [0.05, 0.1) is 23.2 Å². The molecular weight excluding hydrogens is 305 g/mol. The van der Waals surface area contributed by atoms with Gasteiger partial charge in [-0.3, -0.25) is 0 Å². The summed E-state index contributed by atoms with van der Waals surface area (Å²) in [6.45, 7) is 1.51. The van der Waals surface area contributed by atoms with Gasteiger partial charge in [0.1, 0.15) is 0 Å². The summed E-state index contributed by atoms with van der Waals surface area (Å²) in [7, 11) is -3.02. The van der Waals surface area contributed by atoms with E-state index >= 15 is 0 Å². The molecule has 1 fully saturated rings. The standard InChI is InChI=1S/C14H17F3O3S/c1-9-6-11(14(15,16)17)2-3-12(9)13(18)7-10-4-5-21(19,20)8-10/h2-3,6,10,13,18H,4-5,7-8H2,1H3. The van der Waals surface area contributed by atoms with Crippen LogP contribution in [-0.4, -0.2) is 25.0 Å². The number of alkyl halides is 3. The molecule has 0 saturated carbocycles. The van der Waals surface area contributed by atoms with Gasteiger partial charge in [-0.15, -0.1) is 0 Å². The molecule has 0 bridgehead atoms. The van der Waals surface area contributed by atoms with E-state index in [1.54, 1.807) is 0 Å². The highest BCUT2D eigenvalue weighted by Crippen LogP contribution is 2.34. The minimum absolute atomic E-state index is 0.0454. The van der Waals surface area contributed by atoms with Gasteiger partial charge in [0.2, 0.25) is 0 Å². The van der Waals surface area contributed by atoms with E-state index in [-0.39, 0.29) is 23.8 Å². The highest BCUT2D eigenvalue weighted by Gasteiger charge is 2.32. The van der Waals surface area contributed by atoms with Crippen molar-refractivity contribution in [1.82, 2.24) is 0 Å². The van der Waals surface area contributed by atoms with E-state index in [1.807, 2.05) is 0 Å². The highest BCUT2D eigenvalue weighted by molar-refractivity contribution is 7.91. The topological polar surface area (TPSA) is 54.4 Å². The molecule has 1 aliphatic rings. The number of hydrogen-bond acceptors (Lipinski definition) is 3. The lowest BCUT2D eigenvalue weighted by molar-refractivity contribution is -0.137. The van der Waals surface area contributed by atoms with Crippen molar-refractivity contribution in [2.45, 2.75) is 32.0 Å². The van der Waals surface area contributed by atoms with Crippen molar-refractivity contribution in [3.8, 4) is 0 Å². The van der Waals surface area contributed by atoms with Crippen LogP contribution in [0.25, 0.3) is 0 Å². The zero-order valence-corrected chi connectivity index (χ0v) is 12.3. The van der Waals surface area contributed by atoms with E-state index in [9.17, 15) is 26.7 Å². The van der Waals surface area contributed by atoms with Crippen LogP contribution in [0.2, 0.25) is 0 Å². The van der Waals surface area contributed by atoms with Gasteiger partial charge >= 0.3 is 6.18 Å². The first-order chi connectivity index (χ1) is 9.58. The van der Waals surface area contributed by atoms with E-state index in [4.69, 9.17) is 0 Å². The second-order valence-corrected chi connectivity index (χ2v) is 7.82. The van der Waals surface area contributed by atoms with Crippen LogP contribution >= 0.6 is 0 Å². The van der Waals surface area contributed by atoms with E-state index in [1.165, 1.54) is 13.0 Å². The molecule has 0 radical (unpaired) electrons. The first-order valence-corrected chi connectivity index (χ1v) is 8.47. The van der Waals surface area contributed by atoms with Crippen LogP contribution < -0.4 is 0 Å². The smallest absolute Gasteiger partial charge is 0.388 e. The zero-order valence-electron chi connectivity index (χ0n) is 11.5. The Balaban J connectivity index is 2.11. The molecule has 118 valence electrons. The normalized spacial score (nSPS) is 23.2. The summed E-state index contributed by atoms with van der Waals surface area (Å²) in [6, 6.07) is 3.22. The Hall–Kier alpha value is -1.08. The van der Waals surface area contributed by atoms with E-state index in [2.05, 4.69) is 0 Å². The minimum atomic E-state index is -4.41. The Bertz CT molecular complexity index is 623. The molecule has 21 heavy (non-hydrogen) atoms. The molecule has 0 amide bonds. The molecular formula is C14H17F3O3S. The van der Waals surface area contributed by atoms with Crippen molar-refractivity contribution in [3.05, 3.63) is 34.9 Å². The number of benzene rings is 1. The maximum Gasteiger partial charge on any atom is 0.416 e. The Kier molecular flexibility index (Phi) is 4.35. The van der Waals surface area contributed by atoms with Crippen molar-refractivity contribution in [2.24, 2.45) is 5.92 Å². The van der Waals surface area contributed by atoms with Gasteiger partial charge in [-0.05, 0) is 48.9 Å². The van der Waals surface area contributed by atoms with Crippen molar-refractivity contribution in [1.29, 1.82) is 0 Å². The first kappa shape index (κ1) is 16.3. The Labute approximate surface area is 121 Å². The van der Waals surface area contributed by atoms with Crippen LogP contribution in [0.3, 0.4) is 0 Å². The second-order valence-electron chi connectivity index (χ2n) is 5.59. The van der Waals surface area contributed by atoms with Crippen LogP contribution in [0.4, 0.5) is 13.2 Å². The molecule has 0 aliphatic carbocycles. The van der Waals surface area contributed by atoms with Crippen molar-refractivity contribution in [2.75, 3.05) is 11.5 Å². The van der Waals surface area contributed by atoms with Gasteiger partial charge in [-0.2, -0.15) is 13.2 Å². The number of aryl methyl sites for hydroxylation is 1. The van der Waals surface area contributed by atoms with Gasteiger partial charge < -0.3 is 5.11 Å².